The maximum Gasteiger partial charge on any atom is 0.138 e. The molecule has 0 amide bonds. The van der Waals surface area contributed by atoms with Crippen molar-refractivity contribution < 1.29 is 9.53 Å². The molecule has 23 heavy (non-hydrogen) atoms. The second kappa shape index (κ2) is 10.8. The van der Waals surface area contributed by atoms with E-state index in [0.717, 1.165) is 31.2 Å². The lowest BCUT2D eigenvalue weighted by Crippen LogP contribution is -2.38. The Morgan fingerprint density at radius 1 is 1.22 bits per heavy atom. The zero-order valence-electron chi connectivity index (χ0n) is 14.8. The Balaban J connectivity index is 0.00000127. The molecule has 1 aromatic carbocycles. The van der Waals surface area contributed by atoms with Crippen LogP contribution < -0.4 is 5.32 Å². The molecule has 1 aromatic rings. The Kier molecular flexibility index (Phi) is 9.46. The number of ether oxygens (including phenoxy) is 1. The number of hydrogen-bond acceptors (Lipinski definition) is 3. The Hall–Kier alpha value is -0.900. The van der Waals surface area contributed by atoms with Gasteiger partial charge in [0.25, 0.3) is 0 Å². The minimum atomic E-state index is -0.0950. The summed E-state index contributed by atoms with van der Waals surface area (Å²) >= 11 is 5.91. The lowest BCUT2D eigenvalue weighted by atomic mass is 9.91. The minimum Gasteiger partial charge on any atom is -0.381 e. The van der Waals surface area contributed by atoms with Crippen molar-refractivity contribution in [1.29, 1.82) is 0 Å². The molecular formula is C19H30ClNO2. The van der Waals surface area contributed by atoms with Crippen molar-refractivity contribution in [2.24, 2.45) is 0 Å². The molecule has 3 nitrogen and oxygen atoms in total. The number of ketones is 1. The van der Waals surface area contributed by atoms with Gasteiger partial charge in [0.05, 0.1) is 12.0 Å². The first kappa shape index (κ1) is 20.1. The maximum atomic E-state index is 11.9. The molecule has 1 unspecified atom stereocenters. The first-order chi connectivity index (χ1) is 11.1. The molecule has 1 atom stereocenters. The minimum absolute atomic E-state index is 0.0950. The third-order valence-electron chi connectivity index (χ3n) is 4.38. The molecule has 0 aliphatic heterocycles. The van der Waals surface area contributed by atoms with Crippen LogP contribution in [0.2, 0.25) is 5.02 Å². The smallest absolute Gasteiger partial charge is 0.138 e. The Morgan fingerprint density at radius 3 is 2.26 bits per heavy atom. The van der Waals surface area contributed by atoms with E-state index in [9.17, 15) is 4.79 Å². The highest BCUT2D eigenvalue weighted by atomic mass is 35.5. The van der Waals surface area contributed by atoms with E-state index in [1.807, 2.05) is 38.1 Å². The van der Waals surface area contributed by atoms with Crippen LogP contribution in [0.3, 0.4) is 0 Å². The van der Waals surface area contributed by atoms with Gasteiger partial charge in [-0.3, -0.25) is 4.79 Å². The number of rotatable bonds is 6. The molecule has 4 heteroatoms. The number of carbonyl (C=O) groups is 1. The number of nitrogens with one attached hydrogen (secondary N) is 1. The van der Waals surface area contributed by atoms with Crippen molar-refractivity contribution in [2.75, 3.05) is 13.7 Å². The second-order valence-electron chi connectivity index (χ2n) is 5.83. The van der Waals surface area contributed by atoms with Gasteiger partial charge < -0.3 is 10.1 Å². The number of hydrogen-bond donors (Lipinski definition) is 1. The van der Waals surface area contributed by atoms with Gasteiger partial charge in [-0.2, -0.15) is 0 Å². The summed E-state index contributed by atoms with van der Waals surface area (Å²) in [6, 6.07) is 8.06. The zero-order chi connectivity index (χ0) is 17.2. The Labute approximate surface area is 145 Å². The van der Waals surface area contributed by atoms with Crippen LogP contribution >= 0.6 is 11.6 Å². The number of methoxy groups -OCH3 is 1. The van der Waals surface area contributed by atoms with Gasteiger partial charge in [-0.15, -0.1) is 0 Å². The summed E-state index contributed by atoms with van der Waals surface area (Å²) in [6.07, 6.45) is 4.83. The van der Waals surface area contributed by atoms with E-state index in [1.165, 1.54) is 0 Å². The summed E-state index contributed by atoms with van der Waals surface area (Å²) in [5, 5.41) is 4.25. The van der Waals surface area contributed by atoms with Crippen LogP contribution in [0.4, 0.5) is 0 Å². The molecular weight excluding hydrogens is 310 g/mol. The largest absolute Gasteiger partial charge is 0.381 e. The van der Waals surface area contributed by atoms with Gasteiger partial charge in [0.1, 0.15) is 5.78 Å². The molecule has 0 aromatic heterocycles. The first-order valence-electron chi connectivity index (χ1n) is 8.62. The quantitative estimate of drug-likeness (QED) is 0.824. The molecule has 1 aliphatic carbocycles. The number of halogens is 1. The van der Waals surface area contributed by atoms with E-state index < -0.39 is 0 Å². The van der Waals surface area contributed by atoms with Crippen LogP contribution in [0.5, 0.6) is 0 Å². The van der Waals surface area contributed by atoms with Crippen molar-refractivity contribution in [3.05, 3.63) is 34.9 Å². The average Bonchev–Trinajstić information content (AvgIpc) is 2.59. The molecule has 1 N–H and O–H groups in total. The van der Waals surface area contributed by atoms with E-state index in [-0.39, 0.29) is 11.7 Å². The Bertz CT molecular complexity index is 453. The van der Waals surface area contributed by atoms with Crippen molar-refractivity contribution >= 4 is 17.4 Å². The van der Waals surface area contributed by atoms with Gasteiger partial charge in [0.2, 0.25) is 0 Å². The van der Waals surface area contributed by atoms with Gasteiger partial charge in [-0.05, 0) is 50.3 Å². The highest BCUT2D eigenvalue weighted by Crippen LogP contribution is 2.23. The van der Waals surface area contributed by atoms with Crippen LogP contribution in [0.1, 0.15) is 57.9 Å². The third kappa shape index (κ3) is 6.62. The molecule has 0 radical (unpaired) electrons. The number of benzene rings is 1. The first-order valence-corrected chi connectivity index (χ1v) is 9.00. The zero-order valence-corrected chi connectivity index (χ0v) is 15.5. The van der Waals surface area contributed by atoms with Crippen molar-refractivity contribution in [3.63, 3.8) is 0 Å². The van der Waals surface area contributed by atoms with Crippen molar-refractivity contribution in [3.8, 4) is 0 Å². The Morgan fingerprint density at radius 2 is 1.78 bits per heavy atom. The van der Waals surface area contributed by atoms with E-state index in [0.29, 0.717) is 23.7 Å². The van der Waals surface area contributed by atoms with Gasteiger partial charge in [0.15, 0.2) is 0 Å². The van der Waals surface area contributed by atoms with E-state index in [4.69, 9.17) is 16.3 Å². The van der Waals surface area contributed by atoms with Gasteiger partial charge in [-0.1, -0.05) is 37.6 Å². The lowest BCUT2D eigenvalue weighted by Gasteiger charge is -2.29. The molecule has 1 saturated carbocycles. The average molecular weight is 340 g/mol. The van der Waals surface area contributed by atoms with Gasteiger partial charge in [-0.25, -0.2) is 0 Å². The van der Waals surface area contributed by atoms with Crippen molar-refractivity contribution in [1.82, 2.24) is 5.32 Å². The van der Waals surface area contributed by atoms with E-state index >= 15 is 0 Å². The lowest BCUT2D eigenvalue weighted by molar-refractivity contribution is -0.118. The monoisotopic (exact) mass is 339 g/mol. The van der Waals surface area contributed by atoms with Crippen LogP contribution in [-0.4, -0.2) is 31.6 Å². The summed E-state index contributed by atoms with van der Waals surface area (Å²) < 4.78 is 5.39. The number of Topliss-reactive ketones (excluding diaryl/α,β-unsaturated/α-hetero) is 1. The molecule has 1 aliphatic rings. The fraction of sp³-hybridized carbons (Fsp3) is 0.632. The molecule has 1 fully saturated rings. The molecule has 130 valence electrons. The summed E-state index contributed by atoms with van der Waals surface area (Å²) in [5.41, 5.74) is 1.03. The third-order valence-corrected chi connectivity index (χ3v) is 4.63. The van der Waals surface area contributed by atoms with Gasteiger partial charge in [0, 0.05) is 24.7 Å². The predicted molar refractivity (Wildman–Crippen MR) is 97.3 cm³/mol. The van der Waals surface area contributed by atoms with Crippen LogP contribution in [0, 0.1) is 0 Å². The summed E-state index contributed by atoms with van der Waals surface area (Å²) in [4.78, 5) is 11.9. The standard InChI is InChI=1S/C17H24ClNO2.C2H6/c1-12(20)17(13-3-5-14(18)6-4-13)11-19-15-7-9-16(21-2)10-8-15;1-2/h3-6,15-17,19H,7-11H2,1-2H3;1-2H3. The summed E-state index contributed by atoms with van der Waals surface area (Å²) in [7, 11) is 1.78. The SMILES string of the molecule is CC.COC1CCC(NCC(C(C)=O)c2ccc(Cl)cc2)CC1. The fourth-order valence-electron chi connectivity index (χ4n) is 2.98. The second-order valence-corrected chi connectivity index (χ2v) is 6.27. The predicted octanol–water partition coefficient (Wildman–Crippen LogP) is 4.59. The highest BCUT2D eigenvalue weighted by Gasteiger charge is 2.23. The maximum absolute atomic E-state index is 11.9. The van der Waals surface area contributed by atoms with Crippen LogP contribution in [0.15, 0.2) is 24.3 Å². The molecule has 0 heterocycles. The van der Waals surface area contributed by atoms with E-state index in [2.05, 4.69) is 5.32 Å². The van der Waals surface area contributed by atoms with Gasteiger partial charge >= 0.3 is 0 Å². The normalized spacial score (nSPS) is 22.0. The molecule has 0 spiro atoms. The van der Waals surface area contributed by atoms with Crippen molar-refractivity contribution in [2.45, 2.75) is 64.5 Å². The molecule has 0 saturated heterocycles. The number of carbonyl (C=O) groups excluding carboxylic acids is 1. The molecule has 2 rings (SSSR count). The van der Waals surface area contributed by atoms with Crippen LogP contribution in [0.25, 0.3) is 0 Å². The summed E-state index contributed by atoms with van der Waals surface area (Å²) in [5.74, 6) is 0.0952. The summed E-state index contributed by atoms with van der Waals surface area (Å²) in [6.45, 7) is 6.35. The van der Waals surface area contributed by atoms with E-state index in [1.54, 1.807) is 14.0 Å². The highest BCUT2D eigenvalue weighted by molar-refractivity contribution is 6.30. The van der Waals surface area contributed by atoms with Crippen LogP contribution in [-0.2, 0) is 9.53 Å². The topological polar surface area (TPSA) is 38.3 Å². The fourth-order valence-corrected chi connectivity index (χ4v) is 3.10. The molecule has 0 bridgehead atoms.